The predicted octanol–water partition coefficient (Wildman–Crippen LogP) is -1.19. The molecule has 0 aromatic carbocycles. The third-order valence-electron chi connectivity index (χ3n) is 0. The van der Waals surface area contributed by atoms with Gasteiger partial charge in [0.15, 0.2) is 6.73 Å². The molecule has 0 aliphatic rings. The number of hydrogen-bond donors (Lipinski definition) is 2. The smallest absolute Gasteiger partial charge is 0.175 e. The molecule has 0 aromatic rings. The summed E-state index contributed by atoms with van der Waals surface area (Å²) in [6.45, 7) is 0. The minimum Gasteiger partial charge on any atom is -0.347 e. The lowest BCUT2D eigenvalue weighted by Gasteiger charge is -1.52. The molecule has 0 aliphatic heterocycles. The molecule has 0 amide bonds. The average molecular weight is 64.1 g/mol. The Morgan fingerprint density at radius 1 is 1.75 bits per heavy atom. The van der Waals surface area contributed by atoms with Crippen molar-refractivity contribution in [1.29, 1.82) is 0 Å². The molecule has 0 rings (SSSR count). The normalized spacial score (nSPS) is 4.50. The third kappa shape index (κ3) is 254. The van der Waals surface area contributed by atoms with Crippen LogP contribution in [-0.4, -0.2) is 11.8 Å². The Balaban J connectivity index is 0. The highest BCUT2D eigenvalue weighted by molar-refractivity contribution is 3.43. The Hall–Kier alpha value is -0.0800. The van der Waals surface area contributed by atoms with E-state index in [2.05, 4.69) is 5.73 Å². The summed E-state index contributed by atoms with van der Waals surface area (Å²) in [7, 11) is 0. The van der Waals surface area contributed by atoms with Crippen LogP contribution in [0.4, 0.5) is 0 Å². The maximum atomic E-state index is 7.46. The Morgan fingerprint density at radius 2 is 1.75 bits per heavy atom. The molecule has 0 heterocycles. The molecule has 0 radical (unpaired) electrons. The maximum Gasteiger partial charge on any atom is 0.175 e. The fraction of sp³-hybridized carbons (Fsp3) is 1.00. The van der Waals surface area contributed by atoms with Crippen LogP contribution in [-0.2, 0) is 0 Å². The van der Waals surface area contributed by atoms with Gasteiger partial charge in [0.25, 0.3) is 0 Å². The lowest BCUT2D eigenvalue weighted by molar-refractivity contribution is -0.421. The van der Waals surface area contributed by atoms with Gasteiger partial charge in [0, 0.05) is 0 Å². The summed E-state index contributed by atoms with van der Waals surface area (Å²) in [5, 5.41) is 7.46. The average Bonchev–Trinajstić information content (AvgIpc) is 0.918. The number of hydrogen-bond acceptors (Lipinski definition) is 1. The first-order valence-corrected chi connectivity index (χ1v) is 0.816. The summed E-state index contributed by atoms with van der Waals surface area (Å²) in [6, 6.07) is 0. The Kier molecular flexibility index (Phi) is 28.8. The van der Waals surface area contributed by atoms with Crippen molar-refractivity contribution in [3.05, 3.63) is 0 Å². The van der Waals surface area contributed by atoms with Gasteiger partial charge in [0.2, 0.25) is 0 Å². The van der Waals surface area contributed by atoms with Crippen LogP contribution in [0, 0.1) is 0 Å². The van der Waals surface area contributed by atoms with Crippen molar-refractivity contribution in [3.63, 3.8) is 0 Å². The van der Waals surface area contributed by atoms with Gasteiger partial charge in [0.1, 0.15) is 0 Å². The first kappa shape index (κ1) is 9.07. The zero-order valence-electron chi connectivity index (χ0n) is 1.86. The highest BCUT2D eigenvalue weighted by atomic mass is 16.3. The third-order valence-corrected chi connectivity index (χ3v) is 0. The lowest BCUT2D eigenvalue weighted by atomic mass is 11.4. The van der Waals surface area contributed by atoms with Gasteiger partial charge in [0.05, 0.1) is 0 Å². The molecule has 0 saturated carbocycles. The first-order chi connectivity index (χ1) is 1.41. The molecule has 0 fully saturated rings. The van der Waals surface area contributed by atoms with Gasteiger partial charge in [-0.15, -0.1) is 0 Å². The number of rotatable bonds is 0. The van der Waals surface area contributed by atoms with Crippen LogP contribution >= 0.6 is 0 Å². The van der Waals surface area contributed by atoms with Crippen molar-refractivity contribution in [2.24, 2.45) is 0 Å². The van der Waals surface area contributed by atoms with Gasteiger partial charge in [-0.3, -0.25) is 0 Å². The van der Waals surface area contributed by atoms with Crippen LogP contribution in [0.5, 0.6) is 0 Å². The fourth-order valence-corrected chi connectivity index (χ4v) is 0. The minimum absolute atomic E-state index is 0. The van der Waals surface area contributed by atoms with Crippen LogP contribution in [0.2, 0.25) is 0 Å². The van der Waals surface area contributed by atoms with Gasteiger partial charge < -0.3 is 10.8 Å². The second-order valence-electron chi connectivity index (χ2n) is 0.224. The van der Waals surface area contributed by atoms with Crippen LogP contribution in [0.1, 0.15) is 7.43 Å². The van der Waals surface area contributed by atoms with Crippen molar-refractivity contribution in [2.45, 2.75) is 7.43 Å². The van der Waals surface area contributed by atoms with E-state index in [-0.39, 0.29) is 14.2 Å². The van der Waals surface area contributed by atoms with Crippen molar-refractivity contribution in [3.8, 4) is 0 Å². The highest BCUT2D eigenvalue weighted by Crippen LogP contribution is 0.949. The molecule has 4 heavy (non-hydrogen) atoms. The SMILES string of the molecule is C.[NH3+]CO. The molecule has 2 heteroatoms. The molecule has 28 valence electrons. The molecule has 0 aromatic heterocycles. The van der Waals surface area contributed by atoms with Crippen molar-refractivity contribution >= 4 is 0 Å². The van der Waals surface area contributed by atoms with E-state index in [9.17, 15) is 0 Å². The zero-order chi connectivity index (χ0) is 2.71. The van der Waals surface area contributed by atoms with E-state index in [1.54, 1.807) is 0 Å². The van der Waals surface area contributed by atoms with Crippen molar-refractivity contribution < 1.29 is 10.8 Å². The van der Waals surface area contributed by atoms with E-state index in [1.165, 1.54) is 0 Å². The lowest BCUT2D eigenvalue weighted by Crippen LogP contribution is -2.49. The molecule has 0 unspecified atom stereocenters. The summed E-state index contributed by atoms with van der Waals surface area (Å²) in [4.78, 5) is 0. The molecule has 0 atom stereocenters. The molecular weight excluding hydrogens is 54.0 g/mol. The van der Waals surface area contributed by atoms with Gasteiger partial charge in [-0.05, 0) is 0 Å². The maximum absolute atomic E-state index is 7.46. The van der Waals surface area contributed by atoms with Crippen LogP contribution < -0.4 is 5.73 Å². The topological polar surface area (TPSA) is 47.9 Å². The second-order valence-corrected chi connectivity index (χ2v) is 0.224. The quantitative estimate of drug-likeness (QED) is 0.342. The summed E-state index contributed by atoms with van der Waals surface area (Å²) in [6.07, 6.45) is 0. The molecule has 0 bridgehead atoms. The van der Waals surface area contributed by atoms with Gasteiger partial charge >= 0.3 is 0 Å². The molecule has 0 saturated heterocycles. The fourth-order valence-electron chi connectivity index (χ4n) is 0. The van der Waals surface area contributed by atoms with E-state index < -0.39 is 0 Å². The van der Waals surface area contributed by atoms with Gasteiger partial charge in [-0.1, -0.05) is 7.43 Å². The van der Waals surface area contributed by atoms with Crippen LogP contribution in [0.15, 0.2) is 0 Å². The Bertz CT molecular complexity index is 6.00. The number of quaternary nitrogens is 1. The summed E-state index contributed by atoms with van der Waals surface area (Å²) in [5.74, 6) is 0. The number of aliphatic hydroxyl groups is 1. The van der Waals surface area contributed by atoms with Gasteiger partial charge in [-0.25, -0.2) is 0 Å². The van der Waals surface area contributed by atoms with E-state index in [1.807, 2.05) is 0 Å². The van der Waals surface area contributed by atoms with E-state index in [0.717, 1.165) is 0 Å². The predicted molar refractivity (Wildman–Crippen MR) is 16.7 cm³/mol. The van der Waals surface area contributed by atoms with Crippen LogP contribution in [0.25, 0.3) is 0 Å². The molecule has 2 nitrogen and oxygen atoms in total. The first-order valence-electron chi connectivity index (χ1n) is 0.816. The minimum atomic E-state index is 0. The largest absolute Gasteiger partial charge is 0.347 e. The summed E-state index contributed by atoms with van der Waals surface area (Å²) in [5.41, 5.74) is 3.04. The van der Waals surface area contributed by atoms with Crippen molar-refractivity contribution in [1.82, 2.24) is 0 Å². The Morgan fingerprint density at radius 3 is 1.75 bits per heavy atom. The van der Waals surface area contributed by atoms with E-state index >= 15 is 0 Å². The molecule has 0 aliphatic carbocycles. The van der Waals surface area contributed by atoms with E-state index in [0.29, 0.717) is 0 Å². The van der Waals surface area contributed by atoms with Crippen LogP contribution in [0.3, 0.4) is 0 Å². The molecule has 0 spiro atoms. The molecule has 4 N–H and O–H groups in total. The highest BCUT2D eigenvalue weighted by Gasteiger charge is 1.35. The Labute approximate surface area is 26.2 Å². The van der Waals surface area contributed by atoms with Crippen molar-refractivity contribution in [2.75, 3.05) is 6.73 Å². The summed E-state index contributed by atoms with van der Waals surface area (Å²) >= 11 is 0. The molecular formula is C2H10NO+. The van der Waals surface area contributed by atoms with Gasteiger partial charge in [-0.2, -0.15) is 0 Å². The number of aliphatic hydroxyl groups excluding tert-OH is 1. The summed E-state index contributed by atoms with van der Waals surface area (Å²) < 4.78 is 0. The zero-order valence-corrected chi connectivity index (χ0v) is 1.86. The standard InChI is InChI=1S/CH5NO.CH4/c2-1-3;/h3H,1-2H2;1H4/p+1. The second kappa shape index (κ2) is 12.7. The van der Waals surface area contributed by atoms with E-state index in [4.69, 9.17) is 5.11 Å². The monoisotopic (exact) mass is 64.1 g/mol.